The zero-order chi connectivity index (χ0) is 19.9. The first-order chi connectivity index (χ1) is 13.5. The van der Waals surface area contributed by atoms with Crippen LogP contribution >= 0.6 is 34.8 Å². The van der Waals surface area contributed by atoms with Gasteiger partial charge in [-0.15, -0.1) is 0 Å². The van der Waals surface area contributed by atoms with Crippen LogP contribution in [0.2, 0.25) is 15.1 Å². The van der Waals surface area contributed by atoms with Gasteiger partial charge in [-0.05, 0) is 66.6 Å². The number of anilines is 1. The molecule has 0 bridgehead atoms. The van der Waals surface area contributed by atoms with Gasteiger partial charge in [-0.25, -0.2) is 0 Å². The lowest BCUT2D eigenvalue weighted by Gasteiger charge is -2.16. The third-order valence-electron chi connectivity index (χ3n) is 3.98. The summed E-state index contributed by atoms with van der Waals surface area (Å²) in [6.07, 6.45) is 0. The number of hydrogen-bond acceptors (Lipinski definition) is 3. The molecule has 0 aliphatic carbocycles. The highest BCUT2D eigenvalue weighted by Crippen LogP contribution is 2.37. The molecule has 0 aromatic heterocycles. The van der Waals surface area contributed by atoms with E-state index in [1.165, 1.54) is 0 Å². The van der Waals surface area contributed by atoms with Gasteiger partial charge in [0, 0.05) is 22.3 Å². The van der Waals surface area contributed by atoms with E-state index < -0.39 is 0 Å². The first-order valence-corrected chi connectivity index (χ1v) is 10.0. The molecule has 0 spiro atoms. The molecule has 0 atom stereocenters. The molecule has 0 aliphatic heterocycles. The lowest BCUT2D eigenvalue weighted by molar-refractivity contribution is 0.269. The van der Waals surface area contributed by atoms with E-state index in [0.29, 0.717) is 46.3 Å². The maximum Gasteiger partial charge on any atom is 0.180 e. The van der Waals surface area contributed by atoms with E-state index in [0.717, 1.165) is 16.8 Å². The first-order valence-electron chi connectivity index (χ1n) is 8.87. The van der Waals surface area contributed by atoms with E-state index in [1.54, 1.807) is 0 Å². The van der Waals surface area contributed by atoms with E-state index in [4.69, 9.17) is 44.3 Å². The van der Waals surface area contributed by atoms with E-state index >= 15 is 0 Å². The number of nitrogens with one attached hydrogen (secondary N) is 1. The average Bonchev–Trinajstić information content (AvgIpc) is 2.67. The van der Waals surface area contributed by atoms with Gasteiger partial charge in [-0.2, -0.15) is 0 Å². The average molecular weight is 437 g/mol. The monoisotopic (exact) mass is 435 g/mol. The van der Waals surface area contributed by atoms with Crippen LogP contribution in [-0.2, 0) is 13.2 Å². The summed E-state index contributed by atoms with van der Waals surface area (Å²) in [6, 6.07) is 18.9. The molecule has 146 valence electrons. The minimum absolute atomic E-state index is 0.350. The van der Waals surface area contributed by atoms with Crippen LogP contribution in [0.3, 0.4) is 0 Å². The molecule has 0 aliphatic rings. The maximum absolute atomic E-state index is 6.49. The maximum atomic E-state index is 6.49. The third kappa shape index (κ3) is 5.71. The van der Waals surface area contributed by atoms with Gasteiger partial charge in [0.25, 0.3) is 0 Å². The Morgan fingerprint density at radius 1 is 0.821 bits per heavy atom. The Hall–Kier alpha value is -2.07. The van der Waals surface area contributed by atoms with Crippen LogP contribution in [0, 0.1) is 0 Å². The molecule has 3 rings (SSSR count). The number of ether oxygens (including phenoxy) is 2. The van der Waals surface area contributed by atoms with Gasteiger partial charge in [0.05, 0.1) is 11.6 Å². The Bertz CT molecular complexity index is 930. The summed E-state index contributed by atoms with van der Waals surface area (Å²) in [5.41, 5.74) is 2.91. The third-order valence-corrected chi connectivity index (χ3v) is 4.75. The summed E-state index contributed by atoms with van der Waals surface area (Å²) in [5, 5.41) is 5.21. The van der Waals surface area contributed by atoms with Crippen LogP contribution in [0.4, 0.5) is 5.69 Å². The van der Waals surface area contributed by atoms with Crippen molar-refractivity contribution >= 4 is 40.5 Å². The molecule has 0 saturated heterocycles. The number of rotatable bonds is 8. The molecule has 3 aromatic rings. The predicted molar refractivity (Wildman–Crippen MR) is 117 cm³/mol. The topological polar surface area (TPSA) is 30.5 Å². The largest absolute Gasteiger partial charge is 0.490 e. The molecular weight excluding hydrogens is 417 g/mol. The van der Waals surface area contributed by atoms with Gasteiger partial charge in [0.1, 0.15) is 6.61 Å². The van der Waals surface area contributed by atoms with Crippen LogP contribution in [0.5, 0.6) is 11.5 Å². The molecular formula is C22H20Cl3NO2. The van der Waals surface area contributed by atoms with E-state index in [9.17, 15) is 0 Å². The highest BCUT2D eigenvalue weighted by atomic mass is 35.5. The second kappa shape index (κ2) is 9.92. The molecule has 0 saturated carbocycles. The van der Waals surface area contributed by atoms with Crippen LogP contribution in [0.25, 0.3) is 0 Å². The minimum atomic E-state index is 0.350. The fourth-order valence-corrected chi connectivity index (χ4v) is 3.31. The van der Waals surface area contributed by atoms with Crippen molar-refractivity contribution in [1.82, 2.24) is 0 Å². The van der Waals surface area contributed by atoms with Gasteiger partial charge in [-0.3, -0.25) is 0 Å². The second-order valence-electron chi connectivity index (χ2n) is 6.12. The van der Waals surface area contributed by atoms with Gasteiger partial charge in [-0.1, -0.05) is 46.9 Å². The van der Waals surface area contributed by atoms with Crippen molar-refractivity contribution in [2.75, 3.05) is 11.9 Å². The SMILES string of the molecule is CCOc1cc(CNc2ccc(Cl)cc2)cc(Cl)c1OCc1cccc(Cl)c1. The van der Waals surface area contributed by atoms with Crippen molar-refractivity contribution < 1.29 is 9.47 Å². The quantitative estimate of drug-likeness (QED) is 0.404. The molecule has 0 unspecified atom stereocenters. The van der Waals surface area contributed by atoms with Gasteiger partial charge < -0.3 is 14.8 Å². The summed E-state index contributed by atoms with van der Waals surface area (Å²) >= 11 is 18.4. The second-order valence-corrected chi connectivity index (χ2v) is 7.40. The lowest BCUT2D eigenvalue weighted by atomic mass is 10.2. The summed E-state index contributed by atoms with van der Waals surface area (Å²) in [7, 11) is 0. The smallest absolute Gasteiger partial charge is 0.180 e. The minimum Gasteiger partial charge on any atom is -0.490 e. The highest BCUT2D eigenvalue weighted by Gasteiger charge is 2.13. The predicted octanol–water partition coefficient (Wildman–Crippen LogP) is 7.24. The Labute approximate surface area is 180 Å². The van der Waals surface area contributed by atoms with Crippen molar-refractivity contribution in [2.45, 2.75) is 20.1 Å². The molecule has 28 heavy (non-hydrogen) atoms. The summed E-state index contributed by atoms with van der Waals surface area (Å²) < 4.78 is 11.7. The Morgan fingerprint density at radius 2 is 1.61 bits per heavy atom. The molecule has 6 heteroatoms. The summed E-state index contributed by atoms with van der Waals surface area (Å²) in [5.74, 6) is 1.14. The summed E-state index contributed by atoms with van der Waals surface area (Å²) in [4.78, 5) is 0. The fraction of sp³-hybridized carbons (Fsp3) is 0.182. The van der Waals surface area contributed by atoms with Gasteiger partial charge in [0.2, 0.25) is 0 Å². The lowest BCUT2D eigenvalue weighted by Crippen LogP contribution is -2.04. The number of halogens is 3. The first kappa shape index (κ1) is 20.7. The molecule has 0 radical (unpaired) electrons. The van der Waals surface area contributed by atoms with Crippen LogP contribution in [0.1, 0.15) is 18.1 Å². The normalized spacial score (nSPS) is 10.6. The van der Waals surface area contributed by atoms with Gasteiger partial charge in [0.15, 0.2) is 11.5 Å². The Morgan fingerprint density at radius 3 is 2.32 bits per heavy atom. The molecule has 0 heterocycles. The fourth-order valence-electron chi connectivity index (χ4n) is 2.68. The van der Waals surface area contributed by atoms with Crippen molar-refractivity contribution in [3.63, 3.8) is 0 Å². The molecule has 0 amide bonds. The number of hydrogen-bond donors (Lipinski definition) is 1. The van der Waals surface area contributed by atoms with Crippen molar-refractivity contribution in [3.05, 3.63) is 86.9 Å². The zero-order valence-corrected chi connectivity index (χ0v) is 17.6. The highest BCUT2D eigenvalue weighted by molar-refractivity contribution is 6.32. The summed E-state index contributed by atoms with van der Waals surface area (Å²) in [6.45, 7) is 3.38. The van der Waals surface area contributed by atoms with Crippen molar-refractivity contribution in [1.29, 1.82) is 0 Å². The van der Waals surface area contributed by atoms with Crippen LogP contribution in [-0.4, -0.2) is 6.61 Å². The molecule has 3 aromatic carbocycles. The molecule has 3 nitrogen and oxygen atoms in total. The van der Waals surface area contributed by atoms with Crippen LogP contribution in [0.15, 0.2) is 60.7 Å². The van der Waals surface area contributed by atoms with E-state index in [2.05, 4.69) is 5.32 Å². The standard InChI is InChI=1S/C22H20Cl3NO2/c1-2-27-21-12-16(13-26-19-8-6-17(23)7-9-19)11-20(25)22(21)28-14-15-4-3-5-18(24)10-15/h3-12,26H,2,13-14H2,1H3. The van der Waals surface area contributed by atoms with Crippen molar-refractivity contribution in [3.8, 4) is 11.5 Å². The number of benzene rings is 3. The van der Waals surface area contributed by atoms with E-state index in [1.807, 2.05) is 67.6 Å². The van der Waals surface area contributed by atoms with Crippen LogP contribution < -0.4 is 14.8 Å². The Kier molecular flexibility index (Phi) is 7.32. The molecule has 1 N–H and O–H groups in total. The van der Waals surface area contributed by atoms with Crippen molar-refractivity contribution in [2.24, 2.45) is 0 Å². The Balaban J connectivity index is 1.74. The van der Waals surface area contributed by atoms with E-state index in [-0.39, 0.29) is 0 Å². The zero-order valence-electron chi connectivity index (χ0n) is 15.3. The van der Waals surface area contributed by atoms with Gasteiger partial charge >= 0.3 is 0 Å². The molecule has 0 fully saturated rings.